The maximum absolute atomic E-state index is 13.0. The number of likely N-dealkylation sites (tertiary alicyclic amines) is 1. The molecule has 1 atom stereocenters. The lowest BCUT2D eigenvalue weighted by molar-refractivity contribution is -0.149. The summed E-state index contributed by atoms with van der Waals surface area (Å²) < 4.78 is 14.3. The molecule has 6 nitrogen and oxygen atoms in total. The highest BCUT2D eigenvalue weighted by atomic mass is 19.1. The van der Waals surface area contributed by atoms with Crippen molar-refractivity contribution >= 4 is 11.9 Å². The van der Waals surface area contributed by atoms with Crippen LogP contribution >= 0.6 is 0 Å². The Morgan fingerprint density at radius 2 is 2.15 bits per heavy atom. The molecular weight excluding hydrogens is 267 g/mol. The average Bonchev–Trinajstić information content (AvgIpc) is 2.87. The summed E-state index contributed by atoms with van der Waals surface area (Å²) in [5.41, 5.74) is -1.46. The van der Waals surface area contributed by atoms with E-state index in [-0.39, 0.29) is 30.6 Å². The third-order valence-electron chi connectivity index (χ3n) is 3.68. The first kappa shape index (κ1) is 14.2. The number of aromatic nitrogens is 1. The Bertz CT molecular complexity index is 613. The molecule has 0 radical (unpaired) electrons. The number of carboxylic acids is 1. The molecule has 0 aliphatic carbocycles. The number of alkyl halides is 1. The second-order valence-electron chi connectivity index (χ2n) is 5.06. The molecular formula is C13H15FN2O4. The summed E-state index contributed by atoms with van der Waals surface area (Å²) in [6.45, 7) is -0.961. The zero-order valence-electron chi connectivity index (χ0n) is 11.0. The molecule has 0 saturated carbocycles. The van der Waals surface area contributed by atoms with Crippen LogP contribution < -0.4 is 5.56 Å². The standard InChI is InChI=1S/C13H15FN2O4/c1-15-6-9(2-3-10(15)17)11(18)16-5-4-13(7-14,8-16)12(19)20/h2-3,6H,4-5,7-8H2,1H3,(H,19,20). The maximum Gasteiger partial charge on any atom is 0.314 e. The van der Waals surface area contributed by atoms with Crippen molar-refractivity contribution < 1.29 is 19.1 Å². The third kappa shape index (κ3) is 2.31. The van der Waals surface area contributed by atoms with Crippen molar-refractivity contribution in [2.24, 2.45) is 12.5 Å². The minimum absolute atomic E-state index is 0.0936. The molecule has 0 spiro atoms. The number of carbonyl (C=O) groups is 2. The second kappa shape index (κ2) is 5.07. The van der Waals surface area contributed by atoms with Gasteiger partial charge in [0.2, 0.25) is 5.56 Å². The van der Waals surface area contributed by atoms with Gasteiger partial charge in [0.15, 0.2) is 0 Å². The fourth-order valence-corrected chi connectivity index (χ4v) is 2.29. The molecule has 2 heterocycles. The Morgan fingerprint density at radius 1 is 1.45 bits per heavy atom. The minimum atomic E-state index is -1.50. The number of hydrogen-bond acceptors (Lipinski definition) is 3. The van der Waals surface area contributed by atoms with E-state index in [2.05, 4.69) is 0 Å². The zero-order chi connectivity index (χ0) is 14.9. The number of nitrogens with zero attached hydrogens (tertiary/aromatic N) is 2. The van der Waals surface area contributed by atoms with Crippen LogP contribution in [0.15, 0.2) is 23.1 Å². The van der Waals surface area contributed by atoms with Crippen molar-refractivity contribution in [2.75, 3.05) is 19.8 Å². The van der Waals surface area contributed by atoms with Gasteiger partial charge in [0.05, 0.1) is 5.56 Å². The lowest BCUT2D eigenvalue weighted by Crippen LogP contribution is -2.38. The summed E-state index contributed by atoms with van der Waals surface area (Å²) in [4.78, 5) is 35.9. The van der Waals surface area contributed by atoms with E-state index in [9.17, 15) is 18.8 Å². The second-order valence-corrected chi connectivity index (χ2v) is 5.06. The number of aryl methyl sites for hydroxylation is 1. The Balaban J connectivity index is 2.21. The molecule has 1 saturated heterocycles. The lowest BCUT2D eigenvalue weighted by atomic mass is 9.89. The van der Waals surface area contributed by atoms with Gasteiger partial charge in [-0.2, -0.15) is 0 Å². The van der Waals surface area contributed by atoms with E-state index in [4.69, 9.17) is 5.11 Å². The molecule has 20 heavy (non-hydrogen) atoms. The molecule has 108 valence electrons. The molecule has 1 fully saturated rings. The Morgan fingerprint density at radius 3 is 2.65 bits per heavy atom. The smallest absolute Gasteiger partial charge is 0.314 e. The van der Waals surface area contributed by atoms with Gasteiger partial charge in [-0.05, 0) is 12.5 Å². The van der Waals surface area contributed by atoms with E-state index < -0.39 is 24.0 Å². The fourth-order valence-electron chi connectivity index (χ4n) is 2.29. The van der Waals surface area contributed by atoms with Gasteiger partial charge < -0.3 is 14.6 Å². The van der Waals surface area contributed by atoms with Gasteiger partial charge in [-0.3, -0.25) is 14.4 Å². The number of pyridine rings is 1. The number of halogens is 1. The van der Waals surface area contributed by atoms with Gasteiger partial charge in [-0.1, -0.05) is 0 Å². The van der Waals surface area contributed by atoms with E-state index >= 15 is 0 Å². The van der Waals surface area contributed by atoms with Gasteiger partial charge in [-0.15, -0.1) is 0 Å². The first-order chi connectivity index (χ1) is 9.39. The van der Waals surface area contributed by atoms with Gasteiger partial charge >= 0.3 is 5.97 Å². The zero-order valence-corrected chi connectivity index (χ0v) is 11.0. The number of rotatable bonds is 3. The molecule has 0 bridgehead atoms. The van der Waals surface area contributed by atoms with Crippen LogP contribution in [0.2, 0.25) is 0 Å². The van der Waals surface area contributed by atoms with Crippen molar-refractivity contribution in [1.29, 1.82) is 0 Å². The number of carboxylic acid groups (broad SMARTS) is 1. The van der Waals surface area contributed by atoms with Crippen molar-refractivity contribution in [3.63, 3.8) is 0 Å². The van der Waals surface area contributed by atoms with Crippen molar-refractivity contribution in [2.45, 2.75) is 6.42 Å². The van der Waals surface area contributed by atoms with E-state index in [1.54, 1.807) is 0 Å². The van der Waals surface area contributed by atoms with E-state index in [1.807, 2.05) is 0 Å². The summed E-state index contributed by atoms with van der Waals surface area (Å²) in [7, 11) is 1.52. The summed E-state index contributed by atoms with van der Waals surface area (Å²) in [6, 6.07) is 2.66. The van der Waals surface area contributed by atoms with E-state index in [0.29, 0.717) is 0 Å². The van der Waals surface area contributed by atoms with Crippen LogP contribution in [0.3, 0.4) is 0 Å². The predicted molar refractivity (Wildman–Crippen MR) is 68.2 cm³/mol. The summed E-state index contributed by atoms with van der Waals surface area (Å²) >= 11 is 0. The SMILES string of the molecule is Cn1cc(C(=O)N2CCC(CF)(C(=O)O)C2)ccc1=O. The highest BCUT2D eigenvalue weighted by molar-refractivity contribution is 5.94. The molecule has 1 aromatic rings. The largest absolute Gasteiger partial charge is 0.481 e. The lowest BCUT2D eigenvalue weighted by Gasteiger charge is -2.21. The molecule has 2 rings (SSSR count). The van der Waals surface area contributed by atoms with Gasteiger partial charge in [0.1, 0.15) is 12.1 Å². The molecule has 0 aromatic carbocycles. The number of aliphatic carboxylic acids is 1. The molecule has 1 aliphatic heterocycles. The van der Waals surface area contributed by atoms with Crippen molar-refractivity contribution in [1.82, 2.24) is 9.47 Å². The number of carbonyl (C=O) groups excluding carboxylic acids is 1. The molecule has 1 aliphatic rings. The van der Waals surface area contributed by atoms with Crippen LogP contribution in [0.4, 0.5) is 4.39 Å². The molecule has 1 amide bonds. The topological polar surface area (TPSA) is 79.6 Å². The first-order valence-electron chi connectivity index (χ1n) is 6.15. The maximum atomic E-state index is 13.0. The van der Waals surface area contributed by atoms with Crippen LogP contribution in [-0.4, -0.2) is 46.2 Å². The number of amides is 1. The highest BCUT2D eigenvalue weighted by Crippen LogP contribution is 2.32. The monoisotopic (exact) mass is 282 g/mol. The van der Waals surface area contributed by atoms with Crippen LogP contribution in [0.25, 0.3) is 0 Å². The quantitative estimate of drug-likeness (QED) is 0.863. The molecule has 1 aromatic heterocycles. The fraction of sp³-hybridized carbons (Fsp3) is 0.462. The summed E-state index contributed by atoms with van der Waals surface area (Å²) in [5, 5.41) is 9.09. The molecule has 7 heteroatoms. The first-order valence-corrected chi connectivity index (χ1v) is 6.15. The normalized spacial score (nSPS) is 22.0. The van der Waals surface area contributed by atoms with Crippen molar-refractivity contribution in [3.05, 3.63) is 34.2 Å². The van der Waals surface area contributed by atoms with Crippen LogP contribution in [0.1, 0.15) is 16.8 Å². The Kier molecular flexibility index (Phi) is 3.61. The van der Waals surface area contributed by atoms with E-state index in [0.717, 1.165) is 0 Å². The molecule has 1 N–H and O–H groups in total. The third-order valence-corrected chi connectivity index (χ3v) is 3.68. The Hall–Kier alpha value is -2.18. The summed E-state index contributed by atoms with van der Waals surface area (Å²) in [6.07, 6.45) is 1.48. The Labute approximate surface area is 114 Å². The number of hydrogen-bond donors (Lipinski definition) is 1. The summed E-state index contributed by atoms with van der Waals surface area (Å²) in [5.74, 6) is -1.62. The van der Waals surface area contributed by atoms with E-state index in [1.165, 1.54) is 34.8 Å². The van der Waals surface area contributed by atoms with Crippen LogP contribution in [0.5, 0.6) is 0 Å². The van der Waals surface area contributed by atoms with Gasteiger partial charge in [0.25, 0.3) is 5.91 Å². The molecule has 1 unspecified atom stereocenters. The average molecular weight is 282 g/mol. The van der Waals surface area contributed by atoms with Crippen LogP contribution in [0, 0.1) is 5.41 Å². The minimum Gasteiger partial charge on any atom is -0.481 e. The van der Waals surface area contributed by atoms with Gasteiger partial charge in [0, 0.05) is 32.4 Å². The highest BCUT2D eigenvalue weighted by Gasteiger charge is 2.46. The predicted octanol–water partition coefficient (Wildman–Crippen LogP) is 0.272. The van der Waals surface area contributed by atoms with Gasteiger partial charge in [-0.25, -0.2) is 4.39 Å². The van der Waals surface area contributed by atoms with Crippen molar-refractivity contribution in [3.8, 4) is 0 Å². The van der Waals surface area contributed by atoms with Crippen LogP contribution in [-0.2, 0) is 11.8 Å².